The van der Waals surface area contributed by atoms with E-state index in [4.69, 9.17) is 10.0 Å². The lowest BCUT2D eigenvalue weighted by Gasteiger charge is -2.04. The molecule has 16 heavy (non-hydrogen) atoms. The fourth-order valence-corrected chi connectivity index (χ4v) is 2.26. The topological polar surface area (TPSA) is 56.2 Å². The smallest absolute Gasteiger partial charge is 0.423 e. The number of H-pyrrole nitrogens is 1. The van der Waals surface area contributed by atoms with Crippen LogP contribution in [-0.2, 0) is 6.42 Å². The van der Waals surface area contributed by atoms with Crippen molar-refractivity contribution in [3.63, 3.8) is 0 Å². The van der Waals surface area contributed by atoms with Crippen LogP contribution < -0.4 is 5.46 Å². The first-order valence-electron chi connectivity index (χ1n) is 5.43. The van der Waals surface area contributed by atoms with Crippen molar-refractivity contribution >= 4 is 29.6 Å². The number of rotatable bonds is 1. The van der Waals surface area contributed by atoms with Crippen molar-refractivity contribution in [2.45, 2.75) is 12.8 Å². The monoisotopic (exact) mass is 213 g/mol. The molecule has 0 bridgehead atoms. The fraction of sp³-hybridized carbons (Fsp3) is 0.167. The van der Waals surface area contributed by atoms with Crippen LogP contribution in [0.1, 0.15) is 17.7 Å². The highest BCUT2D eigenvalue weighted by Crippen LogP contribution is 2.27. The number of benzene rings is 1. The van der Waals surface area contributed by atoms with Crippen molar-refractivity contribution in [1.29, 1.82) is 0 Å². The van der Waals surface area contributed by atoms with Gasteiger partial charge in [0.25, 0.3) is 0 Å². The Morgan fingerprint density at radius 3 is 2.94 bits per heavy atom. The van der Waals surface area contributed by atoms with E-state index in [0.717, 1.165) is 23.7 Å². The van der Waals surface area contributed by atoms with Crippen molar-refractivity contribution in [3.8, 4) is 0 Å². The molecule has 0 atom stereocenters. The molecular formula is C12H12BNO2. The van der Waals surface area contributed by atoms with Crippen LogP contribution in [0.3, 0.4) is 0 Å². The van der Waals surface area contributed by atoms with Crippen LogP contribution in [0.5, 0.6) is 0 Å². The maximum Gasteiger partial charge on any atom is 0.488 e. The summed E-state index contributed by atoms with van der Waals surface area (Å²) in [5.74, 6) is 0. The Balaban J connectivity index is 2.26. The zero-order valence-corrected chi connectivity index (χ0v) is 8.77. The van der Waals surface area contributed by atoms with E-state index in [1.807, 2.05) is 12.1 Å². The van der Waals surface area contributed by atoms with Gasteiger partial charge in [-0.2, -0.15) is 0 Å². The predicted octanol–water partition coefficient (Wildman–Crippen LogP) is 0.807. The summed E-state index contributed by atoms with van der Waals surface area (Å²) in [4.78, 5) is 3.37. The number of fused-ring (bicyclic) bond motifs is 3. The van der Waals surface area contributed by atoms with Gasteiger partial charge in [-0.3, -0.25) is 0 Å². The number of aromatic nitrogens is 1. The van der Waals surface area contributed by atoms with Crippen LogP contribution in [0.2, 0.25) is 0 Å². The minimum Gasteiger partial charge on any atom is -0.423 e. The van der Waals surface area contributed by atoms with Crippen LogP contribution in [0.15, 0.2) is 24.3 Å². The normalized spacial score (nSPS) is 14.1. The summed E-state index contributed by atoms with van der Waals surface area (Å²) in [6, 6.07) is 5.47. The van der Waals surface area contributed by atoms with E-state index in [1.165, 1.54) is 11.3 Å². The summed E-state index contributed by atoms with van der Waals surface area (Å²) >= 11 is 0. The molecule has 4 heteroatoms. The van der Waals surface area contributed by atoms with Gasteiger partial charge in [0.1, 0.15) is 0 Å². The second kappa shape index (κ2) is 3.51. The number of nitrogens with one attached hydrogen (secondary N) is 1. The Bertz CT molecular complexity index is 572. The molecule has 1 aromatic heterocycles. The van der Waals surface area contributed by atoms with Gasteiger partial charge in [-0.05, 0) is 24.4 Å². The van der Waals surface area contributed by atoms with Crippen LogP contribution in [0.4, 0.5) is 0 Å². The van der Waals surface area contributed by atoms with E-state index in [1.54, 1.807) is 6.07 Å². The van der Waals surface area contributed by atoms with E-state index < -0.39 is 7.12 Å². The van der Waals surface area contributed by atoms with Gasteiger partial charge in [-0.15, -0.1) is 0 Å². The van der Waals surface area contributed by atoms with E-state index in [2.05, 4.69) is 17.1 Å². The second-order valence-electron chi connectivity index (χ2n) is 4.14. The lowest BCUT2D eigenvalue weighted by molar-refractivity contribution is 0.426. The largest absolute Gasteiger partial charge is 0.488 e. The van der Waals surface area contributed by atoms with Gasteiger partial charge >= 0.3 is 7.12 Å². The standard InChI is InChI=1S/C12H12BNO2/c15-13(16)8-5-6-12-10(7-8)9-3-1-2-4-11(9)14-12/h1,3,5-7,14-16H,2,4H2. The van der Waals surface area contributed by atoms with Crippen molar-refractivity contribution < 1.29 is 10.0 Å². The summed E-state index contributed by atoms with van der Waals surface area (Å²) in [6.07, 6.45) is 6.34. The summed E-state index contributed by atoms with van der Waals surface area (Å²) in [5, 5.41) is 19.4. The second-order valence-corrected chi connectivity index (χ2v) is 4.14. The lowest BCUT2D eigenvalue weighted by Crippen LogP contribution is -2.29. The van der Waals surface area contributed by atoms with E-state index in [9.17, 15) is 0 Å². The Morgan fingerprint density at radius 1 is 1.25 bits per heavy atom. The summed E-state index contributed by atoms with van der Waals surface area (Å²) < 4.78 is 0. The number of hydrogen-bond donors (Lipinski definition) is 3. The Kier molecular flexibility index (Phi) is 2.12. The van der Waals surface area contributed by atoms with Crippen LogP contribution in [0, 0.1) is 0 Å². The molecule has 3 rings (SSSR count). The van der Waals surface area contributed by atoms with Gasteiger partial charge in [-0.1, -0.05) is 24.3 Å². The van der Waals surface area contributed by atoms with Gasteiger partial charge < -0.3 is 15.0 Å². The van der Waals surface area contributed by atoms with Crippen LogP contribution in [-0.4, -0.2) is 22.2 Å². The Labute approximate surface area is 93.6 Å². The summed E-state index contributed by atoms with van der Waals surface area (Å²) in [5.41, 5.74) is 4.01. The molecular weight excluding hydrogens is 201 g/mol. The molecule has 0 saturated heterocycles. The summed E-state index contributed by atoms with van der Waals surface area (Å²) in [7, 11) is -1.40. The molecule has 0 amide bonds. The van der Waals surface area contributed by atoms with Gasteiger partial charge in [0.05, 0.1) is 0 Å². The molecule has 3 N–H and O–H groups in total. The molecule has 1 heterocycles. The highest BCUT2D eigenvalue weighted by Gasteiger charge is 2.15. The van der Waals surface area contributed by atoms with E-state index in [-0.39, 0.29) is 0 Å². The minimum atomic E-state index is -1.40. The average molecular weight is 213 g/mol. The number of aryl methyl sites for hydroxylation is 1. The minimum absolute atomic E-state index is 0.535. The third kappa shape index (κ3) is 1.38. The summed E-state index contributed by atoms with van der Waals surface area (Å²) in [6.45, 7) is 0. The van der Waals surface area contributed by atoms with Gasteiger partial charge in [0.2, 0.25) is 0 Å². The molecule has 80 valence electrons. The first-order chi connectivity index (χ1) is 7.75. The Morgan fingerprint density at radius 2 is 2.12 bits per heavy atom. The maximum atomic E-state index is 9.15. The van der Waals surface area contributed by atoms with Crippen molar-refractivity contribution in [1.82, 2.24) is 4.98 Å². The predicted molar refractivity (Wildman–Crippen MR) is 65.5 cm³/mol. The quantitative estimate of drug-likeness (QED) is 0.614. The van der Waals surface area contributed by atoms with Crippen LogP contribution >= 0.6 is 0 Å². The molecule has 1 aliphatic rings. The average Bonchev–Trinajstić information content (AvgIpc) is 2.66. The number of aromatic amines is 1. The number of allylic oxidation sites excluding steroid dienone is 1. The maximum absolute atomic E-state index is 9.15. The highest BCUT2D eigenvalue weighted by molar-refractivity contribution is 6.58. The molecule has 3 nitrogen and oxygen atoms in total. The third-order valence-electron chi connectivity index (χ3n) is 3.09. The Hall–Kier alpha value is -1.52. The molecule has 2 aromatic rings. The molecule has 0 spiro atoms. The third-order valence-corrected chi connectivity index (χ3v) is 3.09. The molecule has 0 saturated carbocycles. The first kappa shape index (κ1) is 9.69. The van der Waals surface area contributed by atoms with E-state index >= 15 is 0 Å². The van der Waals surface area contributed by atoms with Gasteiger partial charge in [0, 0.05) is 22.2 Å². The zero-order valence-electron chi connectivity index (χ0n) is 8.77. The first-order valence-corrected chi connectivity index (χ1v) is 5.43. The van der Waals surface area contributed by atoms with Gasteiger partial charge in [0.15, 0.2) is 0 Å². The molecule has 0 radical (unpaired) electrons. The highest BCUT2D eigenvalue weighted by atomic mass is 16.4. The van der Waals surface area contributed by atoms with Gasteiger partial charge in [-0.25, -0.2) is 0 Å². The molecule has 1 aromatic carbocycles. The SMILES string of the molecule is OB(O)c1ccc2[nH]c3c(c2c1)C=CCC3. The molecule has 0 aliphatic heterocycles. The van der Waals surface area contributed by atoms with Crippen molar-refractivity contribution in [3.05, 3.63) is 35.5 Å². The lowest BCUT2D eigenvalue weighted by atomic mass is 9.79. The molecule has 0 unspecified atom stereocenters. The van der Waals surface area contributed by atoms with Crippen molar-refractivity contribution in [2.75, 3.05) is 0 Å². The van der Waals surface area contributed by atoms with Crippen LogP contribution in [0.25, 0.3) is 17.0 Å². The number of hydrogen-bond acceptors (Lipinski definition) is 2. The zero-order chi connectivity index (χ0) is 11.1. The fourth-order valence-electron chi connectivity index (χ4n) is 2.26. The molecule has 1 aliphatic carbocycles. The molecule has 0 fully saturated rings. The van der Waals surface area contributed by atoms with Crippen molar-refractivity contribution in [2.24, 2.45) is 0 Å². The van der Waals surface area contributed by atoms with E-state index in [0.29, 0.717) is 5.46 Å².